The van der Waals surface area contributed by atoms with Gasteiger partial charge in [-0.25, -0.2) is 9.97 Å². The van der Waals surface area contributed by atoms with Crippen LogP contribution < -0.4 is 20.5 Å². The summed E-state index contributed by atoms with van der Waals surface area (Å²) < 4.78 is 10.4. The number of aromatic nitrogens is 2. The van der Waals surface area contributed by atoms with Gasteiger partial charge in [-0.05, 0) is 0 Å². The predicted molar refractivity (Wildman–Crippen MR) is 74.3 cm³/mol. The van der Waals surface area contributed by atoms with Crippen LogP contribution in [0.5, 0.6) is 11.5 Å². The Morgan fingerprint density at radius 1 is 1.11 bits per heavy atom. The lowest BCUT2D eigenvalue weighted by molar-refractivity contribution is 0.395. The lowest BCUT2D eigenvalue weighted by atomic mass is 10.2. The molecule has 0 bridgehead atoms. The van der Waals surface area contributed by atoms with Gasteiger partial charge in [0, 0.05) is 23.9 Å². The topological polar surface area (TPSA) is 82.3 Å². The Hall–Kier alpha value is -2.21. The minimum atomic E-state index is 0.217. The number of nitrogen functional groups attached to an aromatic ring is 1. The summed E-state index contributed by atoms with van der Waals surface area (Å²) in [6.45, 7) is 0. The van der Waals surface area contributed by atoms with Gasteiger partial charge in [0.15, 0.2) is 5.82 Å². The van der Waals surface area contributed by atoms with E-state index in [4.69, 9.17) is 26.8 Å². The van der Waals surface area contributed by atoms with E-state index in [2.05, 4.69) is 15.3 Å². The van der Waals surface area contributed by atoms with Gasteiger partial charge in [0.2, 0.25) is 0 Å². The zero-order chi connectivity index (χ0) is 13.8. The van der Waals surface area contributed by atoms with Crippen molar-refractivity contribution in [1.82, 2.24) is 9.97 Å². The molecule has 0 saturated carbocycles. The van der Waals surface area contributed by atoms with Crippen molar-refractivity contribution in [3.8, 4) is 11.5 Å². The quantitative estimate of drug-likeness (QED) is 0.895. The Balaban J connectivity index is 2.34. The number of hydrogen-bond donors (Lipinski definition) is 2. The molecule has 100 valence electrons. The molecule has 7 heteroatoms. The number of nitrogens with zero attached hydrogens (tertiary/aromatic N) is 2. The molecule has 3 N–H and O–H groups in total. The van der Waals surface area contributed by atoms with Crippen LogP contribution in [0.3, 0.4) is 0 Å². The third-order valence-corrected chi connectivity index (χ3v) is 2.80. The van der Waals surface area contributed by atoms with E-state index in [9.17, 15) is 0 Å². The zero-order valence-corrected chi connectivity index (χ0v) is 11.2. The molecular formula is C12H13ClN4O2. The van der Waals surface area contributed by atoms with Gasteiger partial charge >= 0.3 is 0 Å². The average molecular weight is 281 g/mol. The highest BCUT2D eigenvalue weighted by Crippen LogP contribution is 2.30. The fourth-order valence-corrected chi connectivity index (χ4v) is 1.63. The second-order valence-electron chi connectivity index (χ2n) is 3.65. The molecule has 1 aromatic heterocycles. The SMILES string of the molecule is COc1cc(Nc2ncnc(N)c2Cl)cc(OC)c1. The van der Waals surface area contributed by atoms with Gasteiger partial charge in [-0.3, -0.25) is 0 Å². The molecule has 0 radical (unpaired) electrons. The first kappa shape index (κ1) is 13.2. The largest absolute Gasteiger partial charge is 0.497 e. The van der Waals surface area contributed by atoms with Crippen LogP contribution in [0.4, 0.5) is 17.3 Å². The van der Waals surface area contributed by atoms with Gasteiger partial charge in [0.05, 0.1) is 14.2 Å². The number of ether oxygens (including phenoxy) is 2. The van der Waals surface area contributed by atoms with E-state index in [-0.39, 0.29) is 10.8 Å². The van der Waals surface area contributed by atoms with Crippen LogP contribution in [0, 0.1) is 0 Å². The van der Waals surface area contributed by atoms with Crippen LogP contribution in [-0.4, -0.2) is 24.2 Å². The molecule has 0 aliphatic rings. The van der Waals surface area contributed by atoms with Crippen LogP contribution in [0.15, 0.2) is 24.5 Å². The van der Waals surface area contributed by atoms with Gasteiger partial charge in [-0.1, -0.05) is 11.6 Å². The van der Waals surface area contributed by atoms with Crippen LogP contribution in [0.2, 0.25) is 5.02 Å². The summed E-state index contributed by atoms with van der Waals surface area (Å²) >= 11 is 6.02. The first-order chi connectivity index (χ1) is 9.13. The first-order valence-electron chi connectivity index (χ1n) is 5.40. The molecule has 1 aromatic carbocycles. The van der Waals surface area contributed by atoms with E-state index in [1.54, 1.807) is 32.4 Å². The molecule has 0 unspecified atom stereocenters. The van der Waals surface area contributed by atoms with E-state index in [0.717, 1.165) is 5.69 Å². The third-order valence-electron chi connectivity index (χ3n) is 2.43. The average Bonchev–Trinajstić information content (AvgIpc) is 2.43. The lowest BCUT2D eigenvalue weighted by Crippen LogP contribution is -2.00. The van der Waals surface area contributed by atoms with Crippen LogP contribution >= 0.6 is 11.6 Å². The summed E-state index contributed by atoms with van der Waals surface area (Å²) in [7, 11) is 3.16. The van der Waals surface area contributed by atoms with Crippen LogP contribution in [0.25, 0.3) is 0 Å². The van der Waals surface area contributed by atoms with E-state index >= 15 is 0 Å². The highest BCUT2D eigenvalue weighted by atomic mass is 35.5. The minimum Gasteiger partial charge on any atom is -0.497 e. The van der Waals surface area contributed by atoms with Crippen molar-refractivity contribution >= 4 is 28.9 Å². The Bertz CT molecular complexity index is 570. The summed E-state index contributed by atoms with van der Waals surface area (Å²) in [6.07, 6.45) is 1.33. The lowest BCUT2D eigenvalue weighted by Gasteiger charge is -2.11. The van der Waals surface area contributed by atoms with E-state index in [1.807, 2.05) is 0 Å². The molecule has 1 heterocycles. The molecule has 0 amide bonds. The van der Waals surface area contributed by atoms with Crippen molar-refractivity contribution in [2.24, 2.45) is 0 Å². The number of benzene rings is 1. The molecule has 0 fully saturated rings. The Morgan fingerprint density at radius 2 is 1.74 bits per heavy atom. The Kier molecular flexibility index (Phi) is 3.91. The predicted octanol–water partition coefficient (Wildman–Crippen LogP) is 2.47. The summed E-state index contributed by atoms with van der Waals surface area (Å²) in [5.41, 5.74) is 6.33. The maximum atomic E-state index is 6.02. The van der Waals surface area contributed by atoms with E-state index < -0.39 is 0 Å². The standard InChI is InChI=1S/C12H13ClN4O2/c1-18-8-3-7(4-9(5-8)19-2)17-12-10(13)11(14)15-6-16-12/h3-6H,1-2H3,(H3,14,15,16,17). The van der Waals surface area contributed by atoms with Crippen molar-refractivity contribution < 1.29 is 9.47 Å². The summed E-state index contributed by atoms with van der Waals surface area (Å²) in [4.78, 5) is 7.82. The highest BCUT2D eigenvalue weighted by molar-refractivity contribution is 6.35. The summed E-state index contributed by atoms with van der Waals surface area (Å²) in [6, 6.07) is 5.34. The van der Waals surface area contributed by atoms with Crippen molar-refractivity contribution in [1.29, 1.82) is 0 Å². The van der Waals surface area contributed by atoms with Crippen LogP contribution in [-0.2, 0) is 0 Å². The molecule has 0 saturated heterocycles. The molecule has 19 heavy (non-hydrogen) atoms. The number of nitrogens with one attached hydrogen (secondary N) is 1. The fourth-order valence-electron chi connectivity index (χ4n) is 1.49. The van der Waals surface area contributed by atoms with Crippen LogP contribution in [0.1, 0.15) is 0 Å². The number of hydrogen-bond acceptors (Lipinski definition) is 6. The zero-order valence-electron chi connectivity index (χ0n) is 10.5. The van der Waals surface area contributed by atoms with E-state index in [1.165, 1.54) is 6.33 Å². The maximum Gasteiger partial charge on any atom is 0.154 e. The Morgan fingerprint density at radius 3 is 2.32 bits per heavy atom. The van der Waals surface area contributed by atoms with E-state index in [0.29, 0.717) is 17.3 Å². The molecule has 0 spiro atoms. The van der Waals surface area contributed by atoms with Crippen molar-refractivity contribution in [2.45, 2.75) is 0 Å². The number of anilines is 3. The number of methoxy groups -OCH3 is 2. The van der Waals surface area contributed by atoms with Gasteiger partial charge in [-0.2, -0.15) is 0 Å². The smallest absolute Gasteiger partial charge is 0.154 e. The van der Waals surface area contributed by atoms with Crippen molar-refractivity contribution in [3.63, 3.8) is 0 Å². The van der Waals surface area contributed by atoms with Gasteiger partial charge < -0.3 is 20.5 Å². The first-order valence-corrected chi connectivity index (χ1v) is 5.78. The maximum absolute atomic E-state index is 6.02. The molecule has 0 aliphatic carbocycles. The third kappa shape index (κ3) is 2.97. The Labute approximate surface area is 115 Å². The summed E-state index contributed by atoms with van der Waals surface area (Å²) in [5.74, 6) is 1.94. The molecule has 6 nitrogen and oxygen atoms in total. The molecule has 0 atom stereocenters. The monoisotopic (exact) mass is 280 g/mol. The number of halogens is 1. The van der Waals surface area contributed by atoms with Crippen molar-refractivity contribution in [2.75, 3.05) is 25.3 Å². The van der Waals surface area contributed by atoms with Gasteiger partial charge in [-0.15, -0.1) is 0 Å². The van der Waals surface area contributed by atoms with Crippen molar-refractivity contribution in [3.05, 3.63) is 29.5 Å². The normalized spacial score (nSPS) is 10.1. The molecule has 2 aromatic rings. The minimum absolute atomic E-state index is 0.217. The number of rotatable bonds is 4. The number of nitrogens with two attached hydrogens (primary N) is 1. The highest BCUT2D eigenvalue weighted by Gasteiger charge is 2.08. The summed E-state index contributed by atoms with van der Waals surface area (Å²) in [5, 5.41) is 3.31. The van der Waals surface area contributed by atoms with Gasteiger partial charge in [0.1, 0.15) is 28.7 Å². The molecule has 0 aliphatic heterocycles. The second-order valence-corrected chi connectivity index (χ2v) is 4.03. The molecular weight excluding hydrogens is 268 g/mol. The second kappa shape index (κ2) is 5.62. The van der Waals surface area contributed by atoms with Gasteiger partial charge in [0.25, 0.3) is 0 Å². The fraction of sp³-hybridized carbons (Fsp3) is 0.167. The molecule has 2 rings (SSSR count).